The molecule has 0 aliphatic rings. The number of rotatable bonds is 9. The van der Waals surface area contributed by atoms with Gasteiger partial charge in [0.15, 0.2) is 0 Å². The zero-order valence-electron chi connectivity index (χ0n) is 13.3. The Morgan fingerprint density at radius 1 is 1.25 bits per heavy atom. The maximum atomic E-state index is 13.2. The molecule has 0 saturated heterocycles. The van der Waals surface area contributed by atoms with Crippen LogP contribution in [-0.2, 0) is 9.53 Å². The molecule has 0 saturated carbocycles. The Balaban J connectivity index is 2.71. The van der Waals surface area contributed by atoms with Gasteiger partial charge in [-0.3, -0.25) is 4.79 Å². The monoisotopic (exact) mass is 351 g/mol. The predicted octanol–water partition coefficient (Wildman–Crippen LogP) is 4.05. The molecular formula is C16H21F4NO3. The van der Waals surface area contributed by atoms with Gasteiger partial charge in [0.2, 0.25) is 6.36 Å². The first kappa shape index (κ1) is 20.2. The molecule has 0 aliphatic heterocycles. The molecule has 2 unspecified atom stereocenters. The summed E-state index contributed by atoms with van der Waals surface area (Å²) in [5, 5.41) is 0. The number of carbonyl (C=O) groups is 1. The minimum absolute atomic E-state index is 0.0134. The largest absolute Gasteiger partial charge is 0.573 e. The lowest BCUT2D eigenvalue weighted by Crippen LogP contribution is -2.21. The third-order valence-electron chi connectivity index (χ3n) is 3.34. The van der Waals surface area contributed by atoms with E-state index in [1.807, 2.05) is 0 Å². The number of hydrogen-bond acceptors (Lipinski definition) is 4. The number of benzene rings is 1. The third kappa shape index (κ3) is 7.16. The molecular weight excluding hydrogens is 330 g/mol. The van der Waals surface area contributed by atoms with Crippen LogP contribution >= 0.6 is 0 Å². The fourth-order valence-electron chi connectivity index (χ4n) is 2.22. The van der Waals surface area contributed by atoms with Gasteiger partial charge in [0.05, 0.1) is 0 Å². The molecule has 1 aromatic rings. The quantitative estimate of drug-likeness (QED) is 0.539. The van der Waals surface area contributed by atoms with E-state index in [4.69, 9.17) is 5.73 Å². The molecule has 1 aromatic carbocycles. The smallest absolute Gasteiger partial charge is 0.431 e. The lowest BCUT2D eigenvalue weighted by atomic mass is 9.93. The maximum Gasteiger partial charge on any atom is 0.573 e. The van der Waals surface area contributed by atoms with Crippen LogP contribution in [-0.4, -0.2) is 25.2 Å². The van der Waals surface area contributed by atoms with E-state index in [-0.39, 0.29) is 37.1 Å². The first-order valence-corrected chi connectivity index (χ1v) is 7.65. The van der Waals surface area contributed by atoms with Crippen LogP contribution in [0.15, 0.2) is 24.3 Å². The summed E-state index contributed by atoms with van der Waals surface area (Å²) in [5.74, 6) is -1.65. The van der Waals surface area contributed by atoms with Gasteiger partial charge in [-0.05, 0) is 31.0 Å². The molecule has 1 rings (SSSR count). The molecule has 0 aromatic heterocycles. The number of hydrogen-bond donors (Lipinski definition) is 1. The fraction of sp³-hybridized carbons (Fsp3) is 0.562. The molecule has 0 heterocycles. The maximum absolute atomic E-state index is 13.2. The van der Waals surface area contributed by atoms with Crippen molar-refractivity contribution in [3.63, 3.8) is 0 Å². The van der Waals surface area contributed by atoms with Crippen molar-refractivity contribution in [2.24, 2.45) is 5.73 Å². The summed E-state index contributed by atoms with van der Waals surface area (Å²) in [5.41, 5.74) is 5.86. The Morgan fingerprint density at radius 3 is 2.50 bits per heavy atom. The van der Waals surface area contributed by atoms with E-state index in [9.17, 15) is 22.4 Å². The number of ether oxygens (including phenoxy) is 2. The molecule has 0 fully saturated rings. The van der Waals surface area contributed by atoms with Crippen molar-refractivity contribution in [1.29, 1.82) is 0 Å². The minimum atomic E-state index is -4.82. The number of esters is 1. The van der Waals surface area contributed by atoms with E-state index in [1.165, 1.54) is 18.2 Å². The van der Waals surface area contributed by atoms with E-state index in [0.717, 1.165) is 0 Å². The molecule has 0 aliphatic carbocycles. The lowest BCUT2D eigenvalue weighted by Gasteiger charge is -2.20. The molecule has 8 heteroatoms. The van der Waals surface area contributed by atoms with E-state index >= 15 is 0 Å². The molecule has 0 radical (unpaired) electrons. The highest BCUT2D eigenvalue weighted by Gasteiger charge is 2.32. The topological polar surface area (TPSA) is 61.5 Å². The Hall–Kier alpha value is -1.83. The van der Waals surface area contributed by atoms with Crippen molar-refractivity contribution in [3.05, 3.63) is 29.8 Å². The van der Waals surface area contributed by atoms with Crippen LogP contribution in [0.4, 0.5) is 17.6 Å². The standard InChI is InChI=1S/C16H21F4NO3/c1-2-5-14(17)23-15(22)9-8-11(10-21)12-6-3-4-7-13(12)24-16(18,19)20/h3-4,6-7,11,14H,2,5,8-10,21H2,1H3. The first-order valence-electron chi connectivity index (χ1n) is 7.65. The van der Waals surface area contributed by atoms with Crippen molar-refractivity contribution < 1.29 is 31.8 Å². The molecule has 0 amide bonds. The van der Waals surface area contributed by atoms with Gasteiger partial charge in [-0.25, -0.2) is 4.39 Å². The Morgan fingerprint density at radius 2 is 1.92 bits per heavy atom. The van der Waals surface area contributed by atoms with Crippen LogP contribution in [0, 0.1) is 0 Å². The fourth-order valence-corrected chi connectivity index (χ4v) is 2.22. The van der Waals surface area contributed by atoms with Gasteiger partial charge < -0.3 is 15.2 Å². The molecule has 136 valence electrons. The van der Waals surface area contributed by atoms with Gasteiger partial charge in [-0.2, -0.15) is 0 Å². The van der Waals surface area contributed by atoms with Crippen molar-refractivity contribution in [2.45, 2.75) is 51.2 Å². The van der Waals surface area contributed by atoms with Crippen molar-refractivity contribution in [1.82, 2.24) is 0 Å². The third-order valence-corrected chi connectivity index (χ3v) is 3.34. The summed E-state index contributed by atoms with van der Waals surface area (Å²) in [6.45, 7) is 1.77. The molecule has 24 heavy (non-hydrogen) atoms. The predicted molar refractivity (Wildman–Crippen MR) is 80.1 cm³/mol. The number of carbonyl (C=O) groups excluding carboxylic acids is 1. The summed E-state index contributed by atoms with van der Waals surface area (Å²) in [4.78, 5) is 11.6. The second-order valence-electron chi connectivity index (χ2n) is 5.25. The SMILES string of the molecule is CCCC(F)OC(=O)CCC(CN)c1ccccc1OC(F)(F)F. The lowest BCUT2D eigenvalue weighted by molar-refractivity contribution is -0.275. The zero-order valence-corrected chi connectivity index (χ0v) is 13.3. The summed E-state index contributed by atoms with van der Waals surface area (Å²) in [6.07, 6.45) is -5.87. The zero-order chi connectivity index (χ0) is 18.2. The second kappa shape index (κ2) is 9.46. The van der Waals surface area contributed by atoms with Crippen LogP contribution < -0.4 is 10.5 Å². The molecule has 2 N–H and O–H groups in total. The Labute approximate surface area is 137 Å². The Bertz CT molecular complexity index is 522. The van der Waals surface area contributed by atoms with Gasteiger partial charge in [0.1, 0.15) is 5.75 Å². The highest BCUT2D eigenvalue weighted by Crippen LogP contribution is 2.33. The number of alkyl halides is 4. The van der Waals surface area contributed by atoms with Gasteiger partial charge in [0.25, 0.3) is 0 Å². The normalized spacial score (nSPS) is 14.1. The van der Waals surface area contributed by atoms with Crippen LogP contribution in [0.5, 0.6) is 5.75 Å². The second-order valence-corrected chi connectivity index (χ2v) is 5.25. The van der Waals surface area contributed by atoms with Gasteiger partial charge in [-0.15, -0.1) is 13.2 Å². The number of nitrogens with two attached hydrogens (primary N) is 1. The van der Waals surface area contributed by atoms with E-state index in [1.54, 1.807) is 13.0 Å². The highest BCUT2D eigenvalue weighted by molar-refractivity contribution is 5.69. The summed E-state index contributed by atoms with van der Waals surface area (Å²) in [6, 6.07) is 5.60. The minimum Gasteiger partial charge on any atom is -0.431 e. The Kier molecular flexibility index (Phi) is 7.97. The van der Waals surface area contributed by atoms with Crippen LogP contribution in [0.1, 0.15) is 44.1 Å². The average Bonchev–Trinajstić information content (AvgIpc) is 2.48. The molecule has 4 nitrogen and oxygen atoms in total. The molecule has 0 bridgehead atoms. The van der Waals surface area contributed by atoms with Crippen LogP contribution in [0.3, 0.4) is 0 Å². The van der Waals surface area contributed by atoms with E-state index in [0.29, 0.717) is 6.42 Å². The molecule has 2 atom stereocenters. The van der Waals surface area contributed by atoms with Crippen LogP contribution in [0.2, 0.25) is 0 Å². The van der Waals surface area contributed by atoms with E-state index in [2.05, 4.69) is 9.47 Å². The molecule has 0 spiro atoms. The average molecular weight is 351 g/mol. The van der Waals surface area contributed by atoms with Crippen molar-refractivity contribution in [2.75, 3.05) is 6.54 Å². The van der Waals surface area contributed by atoms with Gasteiger partial charge >= 0.3 is 12.3 Å². The number of halogens is 4. The van der Waals surface area contributed by atoms with Crippen molar-refractivity contribution >= 4 is 5.97 Å². The summed E-state index contributed by atoms with van der Waals surface area (Å²) < 4.78 is 59.1. The van der Waals surface area contributed by atoms with Crippen molar-refractivity contribution in [3.8, 4) is 5.75 Å². The number of para-hydroxylation sites is 1. The highest BCUT2D eigenvalue weighted by atomic mass is 19.4. The van der Waals surface area contributed by atoms with Gasteiger partial charge in [-0.1, -0.05) is 25.1 Å². The first-order chi connectivity index (χ1) is 11.3. The van der Waals surface area contributed by atoms with Gasteiger partial charge in [0, 0.05) is 18.8 Å². The summed E-state index contributed by atoms with van der Waals surface area (Å²) >= 11 is 0. The van der Waals surface area contributed by atoms with E-state index < -0.39 is 24.6 Å². The summed E-state index contributed by atoms with van der Waals surface area (Å²) in [7, 11) is 0. The van der Waals surface area contributed by atoms with Crippen LogP contribution in [0.25, 0.3) is 0 Å².